The van der Waals surface area contributed by atoms with E-state index in [1.807, 2.05) is 25.7 Å². The largest absolute Gasteiger partial charge is 0.480 e. The van der Waals surface area contributed by atoms with E-state index in [1.54, 1.807) is 0 Å². The van der Waals surface area contributed by atoms with Crippen LogP contribution in [0.15, 0.2) is 0 Å². The van der Waals surface area contributed by atoms with Gasteiger partial charge in [0, 0.05) is 17.6 Å². The molecule has 0 radical (unpaired) electrons. The van der Waals surface area contributed by atoms with Crippen molar-refractivity contribution in [2.75, 3.05) is 13.1 Å². The Morgan fingerprint density at radius 2 is 1.74 bits per heavy atom. The zero-order valence-corrected chi connectivity index (χ0v) is 15.4. The minimum Gasteiger partial charge on any atom is -0.480 e. The monoisotopic (exact) mass is 327 g/mol. The first-order valence-electron chi connectivity index (χ1n) is 8.46. The number of carbonyl (C=O) groups is 2. The third-order valence-electron chi connectivity index (χ3n) is 4.13. The van der Waals surface area contributed by atoms with Crippen molar-refractivity contribution in [3.05, 3.63) is 0 Å². The first-order valence-corrected chi connectivity index (χ1v) is 8.46. The molecule has 1 saturated carbocycles. The van der Waals surface area contributed by atoms with Gasteiger partial charge < -0.3 is 15.7 Å². The number of hydrogen-bond donors (Lipinski definition) is 3. The van der Waals surface area contributed by atoms with Crippen LogP contribution in [-0.4, -0.2) is 52.7 Å². The molecule has 0 unspecified atom stereocenters. The molecule has 0 aromatic carbocycles. The summed E-state index contributed by atoms with van der Waals surface area (Å²) in [5.41, 5.74) is -0.110. The molecular formula is C17H33N3O3. The Morgan fingerprint density at radius 1 is 1.17 bits per heavy atom. The van der Waals surface area contributed by atoms with Gasteiger partial charge in [0.15, 0.2) is 0 Å². The zero-order chi connectivity index (χ0) is 17.8. The summed E-state index contributed by atoms with van der Waals surface area (Å²) in [6.45, 7) is 13.3. The smallest absolute Gasteiger partial charge is 0.317 e. The van der Waals surface area contributed by atoms with Crippen molar-refractivity contribution >= 4 is 12.0 Å². The summed E-state index contributed by atoms with van der Waals surface area (Å²) >= 11 is 0. The van der Waals surface area contributed by atoms with Gasteiger partial charge in [0.1, 0.15) is 0 Å². The molecular weight excluding hydrogens is 294 g/mol. The Kier molecular flexibility index (Phi) is 6.45. The maximum atomic E-state index is 12.1. The fourth-order valence-corrected chi connectivity index (χ4v) is 3.58. The van der Waals surface area contributed by atoms with Gasteiger partial charge in [0.2, 0.25) is 0 Å². The number of rotatable bonds is 7. The highest BCUT2D eigenvalue weighted by molar-refractivity contribution is 5.75. The number of carboxylic acids is 1. The van der Waals surface area contributed by atoms with Crippen LogP contribution < -0.4 is 10.6 Å². The standard InChI is InChI=1S/C17H33N3O3/c1-7-20(10-14(21)22)13-8-12(9-13)18-15(23)19-17(5,6)11-16(2,3)4/h12-13H,7-11H2,1-6H3,(H,21,22)(H2,18,19,23). The van der Waals surface area contributed by atoms with Gasteiger partial charge in [0.25, 0.3) is 0 Å². The molecule has 3 N–H and O–H groups in total. The number of urea groups is 1. The van der Waals surface area contributed by atoms with Gasteiger partial charge >= 0.3 is 12.0 Å². The molecule has 134 valence electrons. The SMILES string of the molecule is CCN(CC(=O)O)C1CC(NC(=O)NC(C)(C)CC(C)(C)C)C1. The second kappa shape index (κ2) is 7.51. The van der Waals surface area contributed by atoms with Crippen molar-refractivity contribution in [2.45, 2.75) is 78.4 Å². The molecule has 0 bridgehead atoms. The molecule has 0 aromatic heterocycles. The lowest BCUT2D eigenvalue weighted by atomic mass is 9.82. The van der Waals surface area contributed by atoms with E-state index in [2.05, 4.69) is 31.4 Å². The van der Waals surface area contributed by atoms with E-state index < -0.39 is 5.97 Å². The molecule has 0 saturated heterocycles. The molecule has 0 aliphatic heterocycles. The van der Waals surface area contributed by atoms with Crippen molar-refractivity contribution < 1.29 is 14.7 Å². The molecule has 1 rings (SSSR count). The lowest BCUT2D eigenvalue weighted by molar-refractivity contribution is -0.139. The molecule has 0 spiro atoms. The zero-order valence-electron chi connectivity index (χ0n) is 15.4. The summed E-state index contributed by atoms with van der Waals surface area (Å²) in [5.74, 6) is -0.801. The van der Waals surface area contributed by atoms with E-state index in [0.29, 0.717) is 6.54 Å². The highest BCUT2D eigenvalue weighted by atomic mass is 16.4. The molecule has 2 amide bonds. The summed E-state index contributed by atoms with van der Waals surface area (Å²) in [6.07, 6.45) is 2.52. The van der Waals surface area contributed by atoms with Crippen LogP contribution in [0, 0.1) is 5.41 Å². The highest BCUT2D eigenvalue weighted by Gasteiger charge is 2.35. The predicted molar refractivity (Wildman–Crippen MR) is 91.5 cm³/mol. The van der Waals surface area contributed by atoms with Crippen LogP contribution in [0.1, 0.15) is 60.8 Å². The van der Waals surface area contributed by atoms with Gasteiger partial charge in [-0.25, -0.2) is 4.79 Å². The average molecular weight is 327 g/mol. The topological polar surface area (TPSA) is 81.7 Å². The van der Waals surface area contributed by atoms with Crippen LogP contribution in [0.25, 0.3) is 0 Å². The van der Waals surface area contributed by atoms with E-state index in [-0.39, 0.29) is 35.6 Å². The average Bonchev–Trinajstić information content (AvgIpc) is 2.26. The molecule has 23 heavy (non-hydrogen) atoms. The van der Waals surface area contributed by atoms with Crippen molar-refractivity contribution in [2.24, 2.45) is 5.41 Å². The van der Waals surface area contributed by atoms with Crippen LogP contribution in [0.2, 0.25) is 0 Å². The molecule has 1 fully saturated rings. The summed E-state index contributed by atoms with van der Waals surface area (Å²) in [5, 5.41) is 14.9. The van der Waals surface area contributed by atoms with Gasteiger partial charge in [0.05, 0.1) is 6.54 Å². The van der Waals surface area contributed by atoms with E-state index in [9.17, 15) is 9.59 Å². The third-order valence-corrected chi connectivity index (χ3v) is 4.13. The summed E-state index contributed by atoms with van der Waals surface area (Å²) in [4.78, 5) is 24.9. The Balaban J connectivity index is 2.37. The minimum absolute atomic E-state index is 0.0682. The van der Waals surface area contributed by atoms with Crippen molar-refractivity contribution in [3.8, 4) is 0 Å². The first-order chi connectivity index (χ1) is 10.4. The van der Waals surface area contributed by atoms with Gasteiger partial charge in [-0.1, -0.05) is 27.7 Å². The van der Waals surface area contributed by atoms with E-state index in [1.165, 1.54) is 0 Å². The number of hydrogen-bond acceptors (Lipinski definition) is 3. The number of carboxylic acid groups (broad SMARTS) is 1. The van der Waals surface area contributed by atoms with E-state index in [4.69, 9.17) is 5.11 Å². The second-order valence-corrected chi connectivity index (χ2v) is 8.50. The number of amides is 2. The summed E-state index contributed by atoms with van der Waals surface area (Å²) < 4.78 is 0. The molecule has 0 aromatic rings. The number of nitrogens with one attached hydrogen (secondary N) is 2. The second-order valence-electron chi connectivity index (χ2n) is 8.50. The predicted octanol–water partition coefficient (Wildman–Crippen LogP) is 2.44. The lowest BCUT2D eigenvalue weighted by Gasteiger charge is -2.42. The Labute approximate surface area is 140 Å². The Bertz CT molecular complexity index is 423. The summed E-state index contributed by atoms with van der Waals surface area (Å²) in [7, 11) is 0. The number of nitrogens with zero attached hydrogens (tertiary/aromatic N) is 1. The normalized spacial score (nSPS) is 21.7. The van der Waals surface area contributed by atoms with E-state index >= 15 is 0 Å². The van der Waals surface area contributed by atoms with Gasteiger partial charge in [-0.15, -0.1) is 0 Å². The first kappa shape index (κ1) is 19.7. The van der Waals surface area contributed by atoms with E-state index in [0.717, 1.165) is 19.3 Å². The quantitative estimate of drug-likeness (QED) is 0.671. The molecule has 6 heteroatoms. The molecule has 6 nitrogen and oxygen atoms in total. The minimum atomic E-state index is -0.801. The van der Waals surface area contributed by atoms with Gasteiger partial charge in [-0.2, -0.15) is 0 Å². The fraction of sp³-hybridized carbons (Fsp3) is 0.882. The molecule has 0 heterocycles. The molecule has 0 atom stereocenters. The van der Waals surface area contributed by atoms with Crippen LogP contribution in [0.5, 0.6) is 0 Å². The maximum Gasteiger partial charge on any atom is 0.317 e. The summed E-state index contributed by atoms with van der Waals surface area (Å²) in [6, 6.07) is 0.251. The van der Waals surface area contributed by atoms with Crippen LogP contribution in [-0.2, 0) is 4.79 Å². The Morgan fingerprint density at radius 3 is 2.17 bits per heavy atom. The molecule has 1 aliphatic rings. The number of likely N-dealkylation sites (N-methyl/N-ethyl adjacent to an activating group) is 1. The number of aliphatic carboxylic acids is 1. The fourth-order valence-electron chi connectivity index (χ4n) is 3.58. The molecule has 1 aliphatic carbocycles. The van der Waals surface area contributed by atoms with Crippen molar-refractivity contribution in [1.29, 1.82) is 0 Å². The maximum absolute atomic E-state index is 12.1. The van der Waals surface area contributed by atoms with Gasteiger partial charge in [-0.05, 0) is 45.1 Å². The lowest BCUT2D eigenvalue weighted by Crippen LogP contribution is -2.58. The van der Waals surface area contributed by atoms with Crippen LogP contribution >= 0.6 is 0 Å². The van der Waals surface area contributed by atoms with Crippen LogP contribution in [0.3, 0.4) is 0 Å². The Hall–Kier alpha value is -1.30. The highest BCUT2D eigenvalue weighted by Crippen LogP contribution is 2.28. The van der Waals surface area contributed by atoms with Gasteiger partial charge in [-0.3, -0.25) is 9.69 Å². The number of carbonyl (C=O) groups excluding carboxylic acids is 1. The third kappa shape index (κ3) is 7.20. The van der Waals surface area contributed by atoms with Crippen molar-refractivity contribution in [3.63, 3.8) is 0 Å². The van der Waals surface area contributed by atoms with Crippen molar-refractivity contribution in [1.82, 2.24) is 15.5 Å². The van der Waals surface area contributed by atoms with Crippen LogP contribution in [0.4, 0.5) is 4.79 Å².